The van der Waals surface area contributed by atoms with E-state index in [1.165, 1.54) is 6.42 Å². The molecule has 1 aliphatic heterocycles. The molecule has 1 heterocycles. The Kier molecular flexibility index (Phi) is 11.9. The van der Waals surface area contributed by atoms with E-state index in [2.05, 4.69) is 41.0 Å². The normalized spacial score (nSPS) is 16.9. The smallest absolute Gasteiger partial charge is 0.358 e. The summed E-state index contributed by atoms with van der Waals surface area (Å²) in [5.41, 5.74) is -2.74. The number of hydrogen-bond donors (Lipinski definition) is 3. The van der Waals surface area contributed by atoms with Crippen molar-refractivity contribution in [3.05, 3.63) is 101 Å². The Morgan fingerprint density at radius 3 is 1.69 bits per heavy atom. The van der Waals surface area contributed by atoms with Gasteiger partial charge in [0.15, 0.2) is 5.11 Å². The molecule has 0 bridgehead atoms. The maximum atomic E-state index is 13.8. The topological polar surface area (TPSA) is 73.5 Å². The molecule has 14 heteroatoms. The van der Waals surface area contributed by atoms with Crippen LogP contribution in [0.25, 0.3) is 0 Å². The highest BCUT2D eigenvalue weighted by Crippen LogP contribution is 2.38. The largest absolute Gasteiger partial charge is 0.416 e. The van der Waals surface area contributed by atoms with Crippen molar-refractivity contribution >= 4 is 27.4 Å². The molecular formula is C34H40F6N4O2S2. The highest BCUT2D eigenvalue weighted by molar-refractivity contribution is 7.89. The number of sulfonamides is 1. The summed E-state index contributed by atoms with van der Waals surface area (Å²) in [6.07, 6.45) is -7.07. The predicted molar refractivity (Wildman–Crippen MR) is 178 cm³/mol. The first kappa shape index (κ1) is 37.6. The molecule has 0 aliphatic carbocycles. The zero-order valence-corrected chi connectivity index (χ0v) is 28.5. The Hall–Kier alpha value is -3.20. The molecule has 6 nitrogen and oxygen atoms in total. The number of benzene rings is 3. The van der Waals surface area contributed by atoms with Crippen molar-refractivity contribution in [3.8, 4) is 0 Å². The third-order valence-electron chi connectivity index (χ3n) is 8.33. The molecule has 0 saturated carbocycles. The van der Waals surface area contributed by atoms with Crippen LogP contribution in [0.2, 0.25) is 0 Å². The van der Waals surface area contributed by atoms with Crippen LogP contribution in [0, 0.1) is 5.41 Å². The molecule has 3 aromatic rings. The average Bonchev–Trinajstić information content (AvgIpc) is 3.02. The molecule has 3 atom stereocenters. The first-order chi connectivity index (χ1) is 22.3. The third-order valence-corrected chi connectivity index (χ3v) is 9.99. The summed E-state index contributed by atoms with van der Waals surface area (Å²) in [7, 11) is -4.99. The van der Waals surface area contributed by atoms with Gasteiger partial charge in [-0.25, -0.2) is 13.1 Å². The van der Waals surface area contributed by atoms with Gasteiger partial charge in [-0.05, 0) is 72.9 Å². The number of nitrogens with one attached hydrogen (secondary N) is 3. The first-order valence-electron chi connectivity index (χ1n) is 15.6. The Balaban J connectivity index is 1.74. The predicted octanol–water partition coefficient (Wildman–Crippen LogP) is 7.85. The molecule has 3 N–H and O–H groups in total. The van der Waals surface area contributed by atoms with Gasteiger partial charge in [0.1, 0.15) is 0 Å². The van der Waals surface area contributed by atoms with E-state index in [9.17, 15) is 34.8 Å². The molecule has 1 saturated heterocycles. The standard InChI is InChI=1S/C34H40F6N4O2S2/c1-32(2,3)28(22-44-17-11-6-12-18-44)41-31(47)42-29(23-13-7-4-8-14-23)30(24-15-9-5-10-16-24)43-48(45,46)27-20-25(33(35,36)37)19-26(21-27)34(38,39)40/h4-5,7-10,13-16,19-21,28-30,43H,6,11-12,17-18,22H2,1-3H3,(H2,41,42,47)/t28-,29+,30+/m1/s1. The minimum atomic E-state index is -5.23. The van der Waals surface area contributed by atoms with Gasteiger partial charge < -0.3 is 15.5 Å². The fourth-order valence-electron chi connectivity index (χ4n) is 5.60. The molecule has 0 amide bonds. The molecule has 1 fully saturated rings. The average molecular weight is 715 g/mol. The molecule has 48 heavy (non-hydrogen) atoms. The maximum Gasteiger partial charge on any atom is 0.416 e. The van der Waals surface area contributed by atoms with E-state index in [-0.39, 0.29) is 34.8 Å². The van der Waals surface area contributed by atoms with Crippen molar-refractivity contribution in [1.29, 1.82) is 0 Å². The number of halogens is 6. The summed E-state index contributed by atoms with van der Waals surface area (Å²) in [5.74, 6) is 0. The van der Waals surface area contributed by atoms with Gasteiger partial charge in [0.25, 0.3) is 0 Å². The number of likely N-dealkylation sites (tertiary alicyclic amines) is 1. The van der Waals surface area contributed by atoms with Crippen LogP contribution in [0.15, 0.2) is 83.8 Å². The van der Waals surface area contributed by atoms with Crippen molar-refractivity contribution in [3.63, 3.8) is 0 Å². The highest BCUT2D eigenvalue weighted by atomic mass is 32.2. The lowest BCUT2D eigenvalue weighted by Gasteiger charge is -2.39. The van der Waals surface area contributed by atoms with Crippen LogP contribution >= 0.6 is 12.2 Å². The van der Waals surface area contributed by atoms with E-state index in [0.29, 0.717) is 17.7 Å². The number of rotatable bonds is 10. The van der Waals surface area contributed by atoms with Gasteiger partial charge in [0, 0.05) is 12.6 Å². The van der Waals surface area contributed by atoms with E-state index in [0.717, 1.165) is 25.9 Å². The minimum Gasteiger partial charge on any atom is -0.358 e. The second-order valence-electron chi connectivity index (χ2n) is 13.0. The van der Waals surface area contributed by atoms with E-state index >= 15 is 0 Å². The van der Waals surface area contributed by atoms with E-state index in [4.69, 9.17) is 12.2 Å². The summed E-state index contributed by atoms with van der Waals surface area (Å²) in [6.45, 7) is 8.88. The monoisotopic (exact) mass is 714 g/mol. The number of hydrogen-bond acceptors (Lipinski definition) is 4. The lowest BCUT2D eigenvalue weighted by atomic mass is 9.86. The molecule has 4 rings (SSSR count). The summed E-state index contributed by atoms with van der Waals surface area (Å²) in [5, 5.41) is 6.84. The van der Waals surface area contributed by atoms with Gasteiger partial charge in [0.2, 0.25) is 10.0 Å². The second-order valence-corrected chi connectivity index (χ2v) is 15.2. The molecule has 0 spiro atoms. The molecule has 1 aliphatic rings. The lowest BCUT2D eigenvalue weighted by Crippen LogP contribution is -2.55. The molecule has 0 radical (unpaired) electrons. The van der Waals surface area contributed by atoms with E-state index in [1.54, 1.807) is 60.7 Å². The maximum absolute atomic E-state index is 13.8. The van der Waals surface area contributed by atoms with Crippen LogP contribution in [0.5, 0.6) is 0 Å². The molecule has 0 unspecified atom stereocenters. The lowest BCUT2D eigenvalue weighted by molar-refractivity contribution is -0.143. The van der Waals surface area contributed by atoms with Crippen LogP contribution in [0.3, 0.4) is 0 Å². The Bertz CT molecular complexity index is 1590. The highest BCUT2D eigenvalue weighted by Gasteiger charge is 2.39. The molecule has 3 aromatic carbocycles. The SMILES string of the molecule is CC(C)(C)[C@@H](CN1CCCCC1)NC(=S)N[C@@H](c1ccccc1)[C@@H](NS(=O)(=O)c1cc(C(F)(F)F)cc(C(F)(F)F)c1)c1ccccc1. The first-order valence-corrected chi connectivity index (χ1v) is 17.4. The van der Waals surface area contributed by atoms with Gasteiger partial charge in [-0.3, -0.25) is 0 Å². The second kappa shape index (κ2) is 15.1. The zero-order valence-electron chi connectivity index (χ0n) is 26.8. The van der Waals surface area contributed by atoms with Gasteiger partial charge in [-0.1, -0.05) is 87.9 Å². The van der Waals surface area contributed by atoms with Crippen molar-refractivity contribution < 1.29 is 34.8 Å². The van der Waals surface area contributed by atoms with E-state index in [1.807, 2.05) is 0 Å². The van der Waals surface area contributed by atoms with Crippen molar-refractivity contribution in [2.45, 2.75) is 75.4 Å². The van der Waals surface area contributed by atoms with Crippen LogP contribution < -0.4 is 15.4 Å². The summed E-state index contributed by atoms with van der Waals surface area (Å²) in [4.78, 5) is 1.20. The third kappa shape index (κ3) is 10.2. The zero-order chi connectivity index (χ0) is 35.3. The molecule has 262 valence electrons. The van der Waals surface area contributed by atoms with Crippen molar-refractivity contribution in [2.75, 3.05) is 19.6 Å². The number of piperidine rings is 1. The van der Waals surface area contributed by atoms with Crippen molar-refractivity contribution in [2.24, 2.45) is 5.41 Å². The fourth-order valence-corrected chi connectivity index (χ4v) is 7.18. The van der Waals surface area contributed by atoms with Gasteiger partial charge >= 0.3 is 12.4 Å². The minimum absolute atomic E-state index is 0.107. The summed E-state index contributed by atoms with van der Waals surface area (Å²) in [6, 6.07) is 14.9. The number of alkyl halides is 6. The van der Waals surface area contributed by atoms with Gasteiger partial charge in [0.05, 0.1) is 28.1 Å². The van der Waals surface area contributed by atoms with Gasteiger partial charge in [-0.2, -0.15) is 26.3 Å². The summed E-state index contributed by atoms with van der Waals surface area (Å²) < 4.78 is 112. The van der Waals surface area contributed by atoms with Gasteiger partial charge in [-0.15, -0.1) is 0 Å². The summed E-state index contributed by atoms with van der Waals surface area (Å²) >= 11 is 5.80. The van der Waals surface area contributed by atoms with Crippen LogP contribution in [-0.4, -0.2) is 44.1 Å². The van der Waals surface area contributed by atoms with Crippen LogP contribution in [0.1, 0.15) is 74.4 Å². The van der Waals surface area contributed by atoms with E-state index < -0.39 is 50.5 Å². The number of nitrogens with zero attached hydrogens (tertiary/aromatic N) is 1. The molecular weight excluding hydrogens is 675 g/mol. The van der Waals surface area contributed by atoms with Crippen LogP contribution in [0.4, 0.5) is 26.3 Å². The Morgan fingerprint density at radius 1 is 0.750 bits per heavy atom. The van der Waals surface area contributed by atoms with Crippen molar-refractivity contribution in [1.82, 2.24) is 20.3 Å². The van der Waals surface area contributed by atoms with Crippen LogP contribution in [-0.2, 0) is 22.4 Å². The fraction of sp³-hybridized carbons (Fsp3) is 0.441. The Labute approximate surface area is 283 Å². The molecule has 0 aromatic heterocycles. The quantitative estimate of drug-likeness (QED) is 0.147. The Morgan fingerprint density at radius 2 is 1.23 bits per heavy atom. The number of thiocarbonyl (C=S) groups is 1.